The zero-order valence-corrected chi connectivity index (χ0v) is 22.4. The van der Waals surface area contributed by atoms with E-state index in [0.29, 0.717) is 6.54 Å². The number of hydrogen-bond acceptors (Lipinski definition) is 6. The number of pyridine rings is 1. The molecule has 0 saturated carbocycles. The van der Waals surface area contributed by atoms with E-state index in [4.69, 9.17) is 9.98 Å². The summed E-state index contributed by atoms with van der Waals surface area (Å²) < 4.78 is 0. The molecular formula is C23H36IN7S. The lowest BCUT2D eigenvalue weighted by atomic mass is 10.2. The van der Waals surface area contributed by atoms with Gasteiger partial charge in [0.2, 0.25) is 0 Å². The molecule has 2 aliphatic heterocycles. The second-order valence-corrected chi connectivity index (χ2v) is 8.97. The molecule has 0 spiro atoms. The average Bonchev–Trinajstić information content (AvgIpc) is 3.37. The van der Waals surface area contributed by atoms with E-state index in [0.717, 1.165) is 82.8 Å². The summed E-state index contributed by atoms with van der Waals surface area (Å²) in [5, 5.41) is 6.99. The highest BCUT2D eigenvalue weighted by atomic mass is 127. The topological polar surface area (TPSA) is 50.2 Å². The van der Waals surface area contributed by atoms with Gasteiger partial charge in [0.05, 0.1) is 11.5 Å². The quantitative estimate of drug-likeness (QED) is 0.328. The minimum atomic E-state index is 0. The average molecular weight is 570 g/mol. The van der Waals surface area contributed by atoms with Crippen LogP contribution in [0.25, 0.3) is 0 Å². The van der Waals surface area contributed by atoms with Gasteiger partial charge in [0.15, 0.2) is 5.96 Å². The van der Waals surface area contributed by atoms with Crippen LogP contribution in [0.4, 0.5) is 10.8 Å². The molecular weight excluding hydrogens is 533 g/mol. The van der Waals surface area contributed by atoms with Gasteiger partial charge in [0, 0.05) is 65.1 Å². The molecule has 0 aromatic carbocycles. The minimum Gasteiger partial charge on any atom is -0.360 e. The molecule has 0 amide bonds. The highest BCUT2D eigenvalue weighted by molar-refractivity contribution is 14.0. The summed E-state index contributed by atoms with van der Waals surface area (Å²) in [4.78, 5) is 19.4. The molecule has 4 rings (SSSR count). The molecule has 2 aliphatic rings. The Morgan fingerprint density at radius 2 is 1.75 bits per heavy atom. The first-order chi connectivity index (χ1) is 15.3. The van der Waals surface area contributed by atoms with Crippen LogP contribution in [-0.2, 0) is 6.54 Å². The number of likely N-dealkylation sites (N-methyl/N-ethyl adjacent to an activating group) is 1. The molecule has 2 fully saturated rings. The molecule has 2 aromatic heterocycles. The van der Waals surface area contributed by atoms with Gasteiger partial charge in [-0.15, -0.1) is 35.3 Å². The van der Waals surface area contributed by atoms with Gasteiger partial charge in [-0.05, 0) is 42.6 Å². The van der Waals surface area contributed by atoms with Crippen molar-refractivity contribution in [2.45, 2.75) is 20.4 Å². The number of aliphatic imine (C=N–C) groups is 1. The SMILES string of the molecule is CCNC(=NCc1ccc(N2CCN(CC)CC2)nc1)N1CCN(c2cccs2)CC1.I. The van der Waals surface area contributed by atoms with Gasteiger partial charge in [0.1, 0.15) is 5.82 Å². The number of anilines is 2. The lowest BCUT2D eigenvalue weighted by Crippen LogP contribution is -2.52. The van der Waals surface area contributed by atoms with E-state index >= 15 is 0 Å². The van der Waals surface area contributed by atoms with Crippen LogP contribution in [0.5, 0.6) is 0 Å². The van der Waals surface area contributed by atoms with Gasteiger partial charge < -0.3 is 24.9 Å². The lowest BCUT2D eigenvalue weighted by Gasteiger charge is -2.37. The molecule has 0 atom stereocenters. The van der Waals surface area contributed by atoms with Crippen LogP contribution >= 0.6 is 35.3 Å². The summed E-state index contributed by atoms with van der Waals surface area (Å²) in [6.45, 7) is 15.4. The van der Waals surface area contributed by atoms with Gasteiger partial charge in [0.25, 0.3) is 0 Å². The summed E-state index contributed by atoms with van der Waals surface area (Å²) >= 11 is 1.82. The Bertz CT molecular complexity index is 811. The van der Waals surface area contributed by atoms with Gasteiger partial charge in [-0.1, -0.05) is 13.0 Å². The fourth-order valence-electron chi connectivity index (χ4n) is 4.17. The Hall–Kier alpha value is -1.59. The number of hydrogen-bond donors (Lipinski definition) is 1. The van der Waals surface area contributed by atoms with Gasteiger partial charge in [-0.3, -0.25) is 0 Å². The van der Waals surface area contributed by atoms with Gasteiger partial charge >= 0.3 is 0 Å². The predicted molar refractivity (Wildman–Crippen MR) is 147 cm³/mol. The minimum absolute atomic E-state index is 0. The number of nitrogens with zero attached hydrogens (tertiary/aromatic N) is 6. The summed E-state index contributed by atoms with van der Waals surface area (Å²) in [5.41, 5.74) is 1.16. The molecule has 1 N–H and O–H groups in total. The second-order valence-electron chi connectivity index (χ2n) is 8.04. The molecule has 0 radical (unpaired) electrons. The first-order valence-electron chi connectivity index (χ1n) is 11.5. The number of guanidine groups is 1. The molecule has 2 aromatic rings. The fraction of sp³-hybridized carbons (Fsp3) is 0.565. The number of nitrogens with one attached hydrogen (secondary N) is 1. The molecule has 2 saturated heterocycles. The van der Waals surface area contributed by atoms with Crippen molar-refractivity contribution >= 4 is 52.1 Å². The van der Waals surface area contributed by atoms with E-state index in [1.54, 1.807) is 0 Å². The third-order valence-electron chi connectivity index (χ3n) is 6.10. The largest absolute Gasteiger partial charge is 0.360 e. The molecule has 0 aliphatic carbocycles. The first-order valence-corrected chi connectivity index (χ1v) is 12.4. The van der Waals surface area contributed by atoms with Crippen LogP contribution in [0.15, 0.2) is 40.8 Å². The van der Waals surface area contributed by atoms with E-state index < -0.39 is 0 Å². The Balaban J connectivity index is 0.00000289. The summed E-state index contributed by atoms with van der Waals surface area (Å²) in [7, 11) is 0. The summed E-state index contributed by atoms with van der Waals surface area (Å²) in [6.07, 6.45) is 1.99. The van der Waals surface area contributed by atoms with Crippen molar-refractivity contribution in [3.63, 3.8) is 0 Å². The second kappa shape index (κ2) is 12.6. The number of aromatic nitrogens is 1. The number of rotatable bonds is 6. The fourth-order valence-corrected chi connectivity index (χ4v) is 4.96. The van der Waals surface area contributed by atoms with Crippen molar-refractivity contribution < 1.29 is 0 Å². The van der Waals surface area contributed by atoms with Crippen molar-refractivity contribution in [1.82, 2.24) is 20.1 Å². The third kappa shape index (κ3) is 6.48. The maximum Gasteiger partial charge on any atom is 0.194 e. The van der Waals surface area contributed by atoms with Crippen LogP contribution in [0, 0.1) is 0 Å². The number of thiophene rings is 1. The Kier molecular flexibility index (Phi) is 9.86. The zero-order chi connectivity index (χ0) is 21.5. The molecule has 9 heteroatoms. The summed E-state index contributed by atoms with van der Waals surface area (Å²) in [6, 6.07) is 8.66. The van der Waals surface area contributed by atoms with Crippen molar-refractivity contribution in [3.05, 3.63) is 41.4 Å². The Morgan fingerprint density at radius 1 is 1.00 bits per heavy atom. The van der Waals surface area contributed by atoms with E-state index in [9.17, 15) is 0 Å². The standard InChI is InChI=1S/C23H35N7S.HI/c1-3-24-23(30-15-13-29(14-16-30)22-6-5-17-31-22)26-19-20-7-8-21(25-18-20)28-11-9-27(4-2)10-12-28;/h5-8,17-18H,3-4,9-16,19H2,1-2H3,(H,24,26);1H. The predicted octanol–water partition coefficient (Wildman–Crippen LogP) is 3.19. The van der Waals surface area contributed by atoms with E-state index in [1.165, 1.54) is 5.00 Å². The van der Waals surface area contributed by atoms with E-state index in [1.807, 2.05) is 17.5 Å². The van der Waals surface area contributed by atoms with Crippen LogP contribution in [-0.4, -0.2) is 86.2 Å². The zero-order valence-electron chi connectivity index (χ0n) is 19.2. The van der Waals surface area contributed by atoms with Crippen LogP contribution < -0.4 is 15.1 Å². The van der Waals surface area contributed by atoms with Crippen LogP contribution in [0.2, 0.25) is 0 Å². The highest BCUT2D eigenvalue weighted by Crippen LogP contribution is 2.22. The van der Waals surface area contributed by atoms with Crippen molar-refractivity contribution in [1.29, 1.82) is 0 Å². The van der Waals surface area contributed by atoms with Gasteiger partial charge in [-0.2, -0.15) is 0 Å². The van der Waals surface area contributed by atoms with E-state index in [-0.39, 0.29) is 24.0 Å². The molecule has 7 nitrogen and oxygen atoms in total. The van der Waals surface area contributed by atoms with Crippen LogP contribution in [0.3, 0.4) is 0 Å². The molecule has 0 bridgehead atoms. The van der Waals surface area contributed by atoms with Crippen molar-refractivity contribution in [2.75, 3.05) is 75.2 Å². The maximum atomic E-state index is 4.91. The molecule has 4 heterocycles. The third-order valence-corrected chi connectivity index (χ3v) is 7.02. The number of halogens is 1. The van der Waals surface area contributed by atoms with Crippen LogP contribution in [0.1, 0.15) is 19.4 Å². The lowest BCUT2D eigenvalue weighted by molar-refractivity contribution is 0.270. The Labute approximate surface area is 213 Å². The van der Waals surface area contributed by atoms with Crippen molar-refractivity contribution in [2.24, 2.45) is 4.99 Å². The molecule has 32 heavy (non-hydrogen) atoms. The molecule has 176 valence electrons. The van der Waals surface area contributed by atoms with Crippen molar-refractivity contribution in [3.8, 4) is 0 Å². The first kappa shape index (κ1) is 25.0. The Morgan fingerprint density at radius 3 is 2.34 bits per heavy atom. The van der Waals surface area contributed by atoms with E-state index in [2.05, 4.69) is 68.4 Å². The van der Waals surface area contributed by atoms with Gasteiger partial charge in [-0.25, -0.2) is 9.98 Å². The smallest absolute Gasteiger partial charge is 0.194 e. The molecule has 0 unspecified atom stereocenters. The number of piperazine rings is 2. The monoisotopic (exact) mass is 569 g/mol. The summed E-state index contributed by atoms with van der Waals surface area (Å²) in [5.74, 6) is 2.09. The highest BCUT2D eigenvalue weighted by Gasteiger charge is 2.20. The maximum absolute atomic E-state index is 4.91. The normalized spacial score (nSPS) is 17.9.